The summed E-state index contributed by atoms with van der Waals surface area (Å²) in [5.74, 6) is 1.17. The summed E-state index contributed by atoms with van der Waals surface area (Å²) in [5.41, 5.74) is 2.11. The van der Waals surface area contributed by atoms with Gasteiger partial charge in [-0.2, -0.15) is 0 Å². The Kier molecular flexibility index (Phi) is 5.30. The first-order valence-corrected chi connectivity index (χ1v) is 10.9. The summed E-state index contributed by atoms with van der Waals surface area (Å²) < 4.78 is 6.83. The number of fused-ring (bicyclic) bond motifs is 1. The normalized spacial score (nSPS) is 16.0. The second kappa shape index (κ2) is 8.41. The highest BCUT2D eigenvalue weighted by Gasteiger charge is 2.26. The lowest BCUT2D eigenvalue weighted by Crippen LogP contribution is -2.49. The first-order valence-electron chi connectivity index (χ1n) is 10.9. The molecule has 0 unspecified atom stereocenters. The Bertz CT molecular complexity index is 1080. The summed E-state index contributed by atoms with van der Waals surface area (Å²) in [6.45, 7) is 2.42. The van der Waals surface area contributed by atoms with Gasteiger partial charge in [-0.3, -0.25) is 0 Å². The van der Waals surface area contributed by atoms with Crippen LogP contribution in [0.15, 0.2) is 42.7 Å². The number of hydrogen-bond acceptors (Lipinski definition) is 7. The van der Waals surface area contributed by atoms with Gasteiger partial charge in [-0.25, -0.2) is 19.3 Å². The van der Waals surface area contributed by atoms with E-state index in [4.69, 9.17) is 4.74 Å². The molecule has 0 saturated carbocycles. The third-order valence-electron chi connectivity index (χ3n) is 6.11. The van der Waals surface area contributed by atoms with Crippen LogP contribution in [0.5, 0.6) is 17.6 Å². The molecule has 0 aromatic carbocycles. The number of pyridine rings is 2. The maximum absolute atomic E-state index is 12.6. The van der Waals surface area contributed by atoms with E-state index in [-0.39, 0.29) is 17.6 Å². The van der Waals surface area contributed by atoms with Crippen molar-refractivity contribution in [1.29, 1.82) is 0 Å². The molecule has 1 saturated heterocycles. The van der Waals surface area contributed by atoms with E-state index in [0.29, 0.717) is 31.9 Å². The standard InChI is InChI=1S/C23H25N5O4/c29-21-17-5-1-2-6-18(17)22(30)28(21)16-8-9-20(25-15-16)32-23(31)27-13-11-26(12-14-27)19-7-3-4-10-24-19/h3-4,7-10,15,29-30H,1-2,5-6,11-14H2. The highest BCUT2D eigenvalue weighted by molar-refractivity contribution is 5.70. The van der Waals surface area contributed by atoms with Crippen LogP contribution in [-0.2, 0) is 12.8 Å². The number of aromatic hydroxyl groups is 2. The third kappa shape index (κ3) is 3.70. The fourth-order valence-corrected chi connectivity index (χ4v) is 4.39. The van der Waals surface area contributed by atoms with Crippen molar-refractivity contribution < 1.29 is 19.7 Å². The van der Waals surface area contributed by atoms with Gasteiger partial charge in [-0.05, 0) is 43.9 Å². The van der Waals surface area contributed by atoms with E-state index in [0.717, 1.165) is 42.6 Å². The maximum atomic E-state index is 12.6. The summed E-state index contributed by atoms with van der Waals surface area (Å²) in [7, 11) is 0. The minimum absolute atomic E-state index is 0.0505. The molecule has 3 aromatic rings. The summed E-state index contributed by atoms with van der Waals surface area (Å²) >= 11 is 0. The number of rotatable bonds is 3. The number of aromatic nitrogens is 3. The average Bonchev–Trinajstić information content (AvgIpc) is 3.10. The molecule has 4 heterocycles. The number of nitrogens with zero attached hydrogens (tertiary/aromatic N) is 5. The molecule has 166 valence electrons. The van der Waals surface area contributed by atoms with Gasteiger partial charge in [0.1, 0.15) is 5.82 Å². The fourth-order valence-electron chi connectivity index (χ4n) is 4.39. The molecule has 2 aliphatic rings. The van der Waals surface area contributed by atoms with Crippen LogP contribution >= 0.6 is 0 Å². The lowest BCUT2D eigenvalue weighted by Gasteiger charge is -2.34. The molecular formula is C23H25N5O4. The molecule has 0 bridgehead atoms. The zero-order valence-corrected chi connectivity index (χ0v) is 17.6. The van der Waals surface area contributed by atoms with Crippen molar-refractivity contribution in [3.05, 3.63) is 53.9 Å². The lowest BCUT2D eigenvalue weighted by atomic mass is 9.95. The molecule has 5 rings (SSSR count). The minimum atomic E-state index is -0.451. The SMILES string of the molecule is O=C(Oc1ccc(-n2c(O)c3c(c2O)CCCC3)cn1)N1CCN(c2ccccn2)CC1. The van der Waals surface area contributed by atoms with Gasteiger partial charge < -0.3 is 24.7 Å². The maximum Gasteiger partial charge on any atom is 0.416 e. The number of hydrogen-bond donors (Lipinski definition) is 2. The second-order valence-corrected chi connectivity index (χ2v) is 8.03. The predicted molar refractivity (Wildman–Crippen MR) is 118 cm³/mol. The molecule has 1 amide bonds. The van der Waals surface area contributed by atoms with Crippen molar-refractivity contribution in [1.82, 2.24) is 19.4 Å². The van der Waals surface area contributed by atoms with Crippen LogP contribution in [0.4, 0.5) is 10.6 Å². The number of carbonyl (C=O) groups excluding carboxylic acids is 1. The summed E-state index contributed by atoms with van der Waals surface area (Å²) in [6.07, 6.45) is 6.27. The van der Waals surface area contributed by atoms with E-state index in [1.165, 1.54) is 10.8 Å². The Morgan fingerprint density at radius 3 is 2.22 bits per heavy atom. The topological polar surface area (TPSA) is 104 Å². The highest BCUT2D eigenvalue weighted by atomic mass is 16.6. The van der Waals surface area contributed by atoms with Gasteiger partial charge >= 0.3 is 6.09 Å². The van der Waals surface area contributed by atoms with Crippen LogP contribution in [0.25, 0.3) is 5.69 Å². The third-order valence-corrected chi connectivity index (χ3v) is 6.11. The zero-order valence-electron chi connectivity index (χ0n) is 17.6. The van der Waals surface area contributed by atoms with Gasteiger partial charge in [0.25, 0.3) is 0 Å². The fraction of sp³-hybridized carbons (Fsp3) is 0.348. The molecule has 0 atom stereocenters. The lowest BCUT2D eigenvalue weighted by molar-refractivity contribution is 0.147. The van der Waals surface area contributed by atoms with Crippen molar-refractivity contribution in [2.24, 2.45) is 0 Å². The molecule has 0 spiro atoms. The van der Waals surface area contributed by atoms with Gasteiger partial charge in [0.05, 0.1) is 11.9 Å². The minimum Gasteiger partial charge on any atom is -0.494 e. The Labute approximate surface area is 185 Å². The molecule has 0 radical (unpaired) electrons. The smallest absolute Gasteiger partial charge is 0.416 e. The van der Waals surface area contributed by atoms with Crippen molar-refractivity contribution in [3.8, 4) is 23.3 Å². The quantitative estimate of drug-likeness (QED) is 0.652. The van der Waals surface area contributed by atoms with E-state index in [2.05, 4.69) is 14.9 Å². The summed E-state index contributed by atoms with van der Waals surface area (Å²) in [6, 6.07) is 9.01. The zero-order chi connectivity index (χ0) is 22.1. The van der Waals surface area contributed by atoms with E-state index in [1.807, 2.05) is 18.2 Å². The first-order chi connectivity index (χ1) is 15.6. The van der Waals surface area contributed by atoms with Crippen LogP contribution in [-0.4, -0.2) is 61.9 Å². The van der Waals surface area contributed by atoms with Crippen molar-refractivity contribution in [3.63, 3.8) is 0 Å². The van der Waals surface area contributed by atoms with Crippen LogP contribution in [0.1, 0.15) is 24.0 Å². The largest absolute Gasteiger partial charge is 0.494 e. The van der Waals surface area contributed by atoms with Crippen LogP contribution in [0.2, 0.25) is 0 Å². The van der Waals surface area contributed by atoms with Crippen LogP contribution in [0, 0.1) is 0 Å². The van der Waals surface area contributed by atoms with Gasteiger partial charge in [0.2, 0.25) is 17.6 Å². The number of anilines is 1. The molecule has 9 nitrogen and oxygen atoms in total. The van der Waals surface area contributed by atoms with E-state index >= 15 is 0 Å². The highest BCUT2D eigenvalue weighted by Crippen LogP contribution is 2.40. The Morgan fingerprint density at radius 1 is 0.906 bits per heavy atom. The molecule has 1 aliphatic heterocycles. The van der Waals surface area contributed by atoms with Gasteiger partial charge in [0.15, 0.2) is 0 Å². The van der Waals surface area contributed by atoms with E-state index < -0.39 is 6.09 Å². The predicted octanol–water partition coefficient (Wildman–Crippen LogP) is 2.88. The second-order valence-electron chi connectivity index (χ2n) is 8.03. The molecule has 1 fully saturated rings. The monoisotopic (exact) mass is 435 g/mol. The van der Waals surface area contributed by atoms with Gasteiger partial charge in [0, 0.05) is 49.6 Å². The van der Waals surface area contributed by atoms with Crippen LogP contribution < -0.4 is 9.64 Å². The number of amides is 1. The molecule has 3 aromatic heterocycles. The van der Waals surface area contributed by atoms with Crippen LogP contribution in [0.3, 0.4) is 0 Å². The Balaban J connectivity index is 1.23. The van der Waals surface area contributed by atoms with Gasteiger partial charge in [-0.1, -0.05) is 6.07 Å². The molecule has 2 N–H and O–H groups in total. The Hall–Kier alpha value is -3.75. The van der Waals surface area contributed by atoms with Gasteiger partial charge in [-0.15, -0.1) is 0 Å². The van der Waals surface area contributed by atoms with E-state index in [1.54, 1.807) is 23.2 Å². The molecule has 32 heavy (non-hydrogen) atoms. The molecule has 1 aliphatic carbocycles. The summed E-state index contributed by atoms with van der Waals surface area (Å²) in [4.78, 5) is 24.9. The number of ether oxygens (including phenoxy) is 1. The first kappa shape index (κ1) is 20.2. The average molecular weight is 435 g/mol. The summed E-state index contributed by atoms with van der Waals surface area (Å²) in [5, 5.41) is 21.1. The van der Waals surface area contributed by atoms with Crippen molar-refractivity contribution in [2.45, 2.75) is 25.7 Å². The van der Waals surface area contributed by atoms with Crippen molar-refractivity contribution in [2.75, 3.05) is 31.1 Å². The van der Waals surface area contributed by atoms with Crippen molar-refractivity contribution >= 4 is 11.9 Å². The Morgan fingerprint density at radius 2 is 1.62 bits per heavy atom. The number of piperazine rings is 1. The number of carbonyl (C=O) groups is 1. The molecular weight excluding hydrogens is 410 g/mol. The molecule has 9 heteroatoms. The van der Waals surface area contributed by atoms with E-state index in [9.17, 15) is 15.0 Å².